The Labute approximate surface area is 117 Å². The summed E-state index contributed by atoms with van der Waals surface area (Å²) in [5.74, 6) is 0.102. The quantitative estimate of drug-likeness (QED) is 0.804. The van der Waals surface area contributed by atoms with Gasteiger partial charge in [-0.1, -0.05) is 34.6 Å². The van der Waals surface area contributed by atoms with Crippen LogP contribution in [-0.4, -0.2) is 29.8 Å². The number of amides is 1. The van der Waals surface area contributed by atoms with E-state index in [2.05, 4.69) is 10.6 Å². The van der Waals surface area contributed by atoms with Gasteiger partial charge >= 0.3 is 0 Å². The summed E-state index contributed by atoms with van der Waals surface area (Å²) >= 11 is 0. The van der Waals surface area contributed by atoms with Crippen molar-refractivity contribution in [2.75, 3.05) is 6.54 Å². The highest BCUT2D eigenvalue weighted by Crippen LogP contribution is 2.14. The van der Waals surface area contributed by atoms with E-state index >= 15 is 0 Å². The van der Waals surface area contributed by atoms with Gasteiger partial charge in [-0.05, 0) is 26.7 Å². The molecule has 0 aliphatic carbocycles. The Kier molecular flexibility index (Phi) is 6.20. The summed E-state index contributed by atoms with van der Waals surface area (Å²) in [7, 11) is 0. The molecule has 0 bridgehead atoms. The second-order valence-electron chi connectivity index (χ2n) is 7.51. The zero-order chi connectivity index (χ0) is 15.4. The lowest BCUT2D eigenvalue weighted by atomic mass is 9.90. The Morgan fingerprint density at radius 1 is 1.00 bits per heavy atom. The zero-order valence-electron chi connectivity index (χ0n) is 13.7. The number of ketones is 1. The van der Waals surface area contributed by atoms with Crippen molar-refractivity contribution >= 4 is 11.7 Å². The highest BCUT2D eigenvalue weighted by Gasteiger charge is 2.28. The van der Waals surface area contributed by atoms with Crippen LogP contribution >= 0.6 is 0 Å². The minimum atomic E-state index is -0.419. The predicted octanol–water partition coefficient (Wildman–Crippen LogP) is 2.13. The Balaban J connectivity index is 4.56. The maximum absolute atomic E-state index is 12.2. The van der Waals surface area contributed by atoms with Crippen LogP contribution in [0.3, 0.4) is 0 Å². The molecular weight excluding hydrogens is 240 g/mol. The fourth-order valence-electron chi connectivity index (χ4n) is 1.54. The molecule has 4 nitrogen and oxygen atoms in total. The first-order valence-electron chi connectivity index (χ1n) is 6.93. The third-order valence-corrected chi connectivity index (χ3v) is 2.80. The number of carbonyl (C=O) groups excluding carboxylic acids is 2. The van der Waals surface area contributed by atoms with Crippen molar-refractivity contribution in [3.63, 3.8) is 0 Å². The van der Waals surface area contributed by atoms with Gasteiger partial charge in [0.05, 0.1) is 12.6 Å². The average molecular weight is 270 g/mol. The second kappa shape index (κ2) is 6.51. The summed E-state index contributed by atoms with van der Waals surface area (Å²) in [6.07, 6.45) is 0. The second-order valence-corrected chi connectivity index (χ2v) is 7.51. The van der Waals surface area contributed by atoms with E-state index in [0.717, 1.165) is 0 Å². The highest BCUT2D eigenvalue weighted by molar-refractivity contribution is 5.91. The van der Waals surface area contributed by atoms with E-state index in [1.54, 1.807) is 0 Å². The van der Waals surface area contributed by atoms with Crippen molar-refractivity contribution in [3.05, 3.63) is 0 Å². The minimum absolute atomic E-state index is 0.0408. The van der Waals surface area contributed by atoms with Gasteiger partial charge in [-0.2, -0.15) is 0 Å². The van der Waals surface area contributed by atoms with Crippen LogP contribution in [0.5, 0.6) is 0 Å². The molecule has 19 heavy (non-hydrogen) atoms. The maximum Gasteiger partial charge on any atom is 0.237 e. The van der Waals surface area contributed by atoms with Gasteiger partial charge < -0.3 is 10.6 Å². The molecule has 4 heteroatoms. The van der Waals surface area contributed by atoms with Gasteiger partial charge in [0, 0.05) is 11.0 Å². The molecular formula is C15H30N2O2. The van der Waals surface area contributed by atoms with Crippen molar-refractivity contribution in [1.82, 2.24) is 10.6 Å². The predicted molar refractivity (Wildman–Crippen MR) is 79.0 cm³/mol. The van der Waals surface area contributed by atoms with Gasteiger partial charge in [-0.3, -0.25) is 9.59 Å². The molecule has 0 saturated carbocycles. The SMILES string of the molecule is CC(C)C(NC(C)(C)C)C(=O)NCC(=O)C(C)(C)C. The molecule has 1 unspecified atom stereocenters. The Hall–Kier alpha value is -0.900. The summed E-state index contributed by atoms with van der Waals surface area (Å²) in [5.41, 5.74) is -0.557. The van der Waals surface area contributed by atoms with E-state index < -0.39 is 5.41 Å². The number of Topliss-reactive ketones (excluding diaryl/α,β-unsaturated/α-hetero) is 1. The first-order chi connectivity index (χ1) is 8.34. The fraction of sp³-hybridized carbons (Fsp3) is 0.867. The summed E-state index contributed by atoms with van der Waals surface area (Å²) in [4.78, 5) is 24.0. The van der Waals surface area contributed by atoms with Gasteiger partial charge in [0.2, 0.25) is 5.91 Å². The van der Waals surface area contributed by atoms with Crippen LogP contribution in [0.15, 0.2) is 0 Å². The van der Waals surface area contributed by atoms with Crippen LogP contribution in [0.2, 0.25) is 0 Å². The molecule has 0 saturated heterocycles. The number of hydrogen-bond donors (Lipinski definition) is 2. The van der Waals surface area contributed by atoms with Crippen LogP contribution in [0, 0.1) is 11.3 Å². The monoisotopic (exact) mass is 270 g/mol. The third-order valence-electron chi connectivity index (χ3n) is 2.80. The van der Waals surface area contributed by atoms with E-state index in [-0.39, 0.29) is 35.7 Å². The Morgan fingerprint density at radius 3 is 1.79 bits per heavy atom. The topological polar surface area (TPSA) is 58.2 Å². The van der Waals surface area contributed by atoms with E-state index in [0.29, 0.717) is 0 Å². The van der Waals surface area contributed by atoms with Gasteiger partial charge in [0.1, 0.15) is 0 Å². The lowest BCUT2D eigenvalue weighted by molar-refractivity contribution is -0.130. The fourth-order valence-corrected chi connectivity index (χ4v) is 1.54. The molecule has 1 atom stereocenters. The maximum atomic E-state index is 12.2. The smallest absolute Gasteiger partial charge is 0.237 e. The van der Waals surface area contributed by atoms with Crippen LogP contribution in [0.4, 0.5) is 0 Å². The number of nitrogens with one attached hydrogen (secondary N) is 2. The lowest BCUT2D eigenvalue weighted by Gasteiger charge is -2.30. The summed E-state index contributed by atoms with van der Waals surface area (Å²) in [6.45, 7) is 15.7. The van der Waals surface area contributed by atoms with Crippen molar-refractivity contribution in [3.8, 4) is 0 Å². The normalized spacial score (nSPS) is 14.4. The molecule has 0 radical (unpaired) electrons. The molecule has 0 fully saturated rings. The zero-order valence-corrected chi connectivity index (χ0v) is 13.7. The molecule has 0 spiro atoms. The molecule has 0 heterocycles. The van der Waals surface area contributed by atoms with E-state index in [9.17, 15) is 9.59 Å². The minimum Gasteiger partial charge on any atom is -0.348 e. The Bertz CT molecular complexity index is 322. The van der Waals surface area contributed by atoms with Gasteiger partial charge in [-0.25, -0.2) is 0 Å². The van der Waals surface area contributed by atoms with Crippen molar-refractivity contribution in [2.45, 2.75) is 67.0 Å². The third kappa shape index (κ3) is 7.31. The molecule has 112 valence electrons. The molecule has 0 aromatic carbocycles. The lowest BCUT2D eigenvalue weighted by Crippen LogP contribution is -2.55. The first kappa shape index (κ1) is 18.1. The highest BCUT2D eigenvalue weighted by atomic mass is 16.2. The first-order valence-corrected chi connectivity index (χ1v) is 6.93. The van der Waals surface area contributed by atoms with Crippen LogP contribution < -0.4 is 10.6 Å². The molecule has 0 aromatic heterocycles. The number of hydrogen-bond acceptors (Lipinski definition) is 3. The van der Waals surface area contributed by atoms with Gasteiger partial charge in [-0.15, -0.1) is 0 Å². The summed E-state index contributed by atoms with van der Waals surface area (Å²) < 4.78 is 0. The molecule has 1 amide bonds. The Morgan fingerprint density at radius 2 is 1.47 bits per heavy atom. The summed E-state index contributed by atoms with van der Waals surface area (Å²) in [6, 6.07) is -0.284. The van der Waals surface area contributed by atoms with E-state index in [1.165, 1.54) is 0 Å². The number of rotatable bonds is 5. The van der Waals surface area contributed by atoms with Crippen molar-refractivity contribution in [1.29, 1.82) is 0 Å². The van der Waals surface area contributed by atoms with Crippen LogP contribution in [0.25, 0.3) is 0 Å². The number of carbonyl (C=O) groups is 2. The van der Waals surface area contributed by atoms with E-state index in [4.69, 9.17) is 0 Å². The van der Waals surface area contributed by atoms with E-state index in [1.807, 2.05) is 55.4 Å². The van der Waals surface area contributed by atoms with Crippen LogP contribution in [0.1, 0.15) is 55.4 Å². The molecule has 2 N–H and O–H groups in total. The van der Waals surface area contributed by atoms with Crippen molar-refractivity contribution < 1.29 is 9.59 Å². The largest absolute Gasteiger partial charge is 0.348 e. The standard InChI is InChI=1S/C15H30N2O2/c1-10(2)12(17-15(6,7)8)13(19)16-9-11(18)14(3,4)5/h10,12,17H,9H2,1-8H3,(H,16,19). The molecule has 0 aliphatic rings. The molecule has 0 aromatic rings. The van der Waals surface area contributed by atoms with Crippen molar-refractivity contribution in [2.24, 2.45) is 11.3 Å². The molecule has 0 rings (SSSR count). The van der Waals surface area contributed by atoms with Crippen LogP contribution in [-0.2, 0) is 9.59 Å². The van der Waals surface area contributed by atoms with Gasteiger partial charge in [0.25, 0.3) is 0 Å². The molecule has 0 aliphatic heterocycles. The average Bonchev–Trinajstić information content (AvgIpc) is 2.18. The van der Waals surface area contributed by atoms with Gasteiger partial charge in [0.15, 0.2) is 5.78 Å². The summed E-state index contributed by atoms with van der Waals surface area (Å²) in [5, 5.41) is 6.04.